The van der Waals surface area contributed by atoms with Crippen molar-refractivity contribution in [2.24, 2.45) is 0 Å². The lowest BCUT2D eigenvalue weighted by molar-refractivity contribution is 0.600. The number of aryl methyl sites for hydroxylation is 1. The lowest BCUT2D eigenvalue weighted by Gasteiger charge is -2.12. The van der Waals surface area contributed by atoms with Crippen molar-refractivity contribution >= 4 is 37.3 Å². The molecule has 2 aromatic carbocycles. The molecule has 2 rings (SSSR count). The van der Waals surface area contributed by atoms with Crippen LogP contribution in [0.15, 0.2) is 45.8 Å². The Bertz CT molecular complexity index is 763. The number of nitrogens with one attached hydrogen (secondary N) is 1. The molecule has 0 heterocycles. The van der Waals surface area contributed by atoms with Crippen molar-refractivity contribution in [3.8, 4) is 0 Å². The normalized spacial score (nSPS) is 11.3. The topological polar surface area (TPSA) is 72.2 Å². The number of halogens is 2. The Balaban J connectivity index is 2.43. The second-order valence-electron chi connectivity index (χ2n) is 4.25. The van der Waals surface area contributed by atoms with E-state index in [1.807, 2.05) is 0 Å². The van der Waals surface area contributed by atoms with E-state index < -0.39 is 15.8 Å². The van der Waals surface area contributed by atoms with Gasteiger partial charge in [-0.05, 0) is 64.8 Å². The molecule has 0 atom stereocenters. The molecule has 4 nitrogen and oxygen atoms in total. The van der Waals surface area contributed by atoms with E-state index in [1.165, 1.54) is 24.3 Å². The van der Waals surface area contributed by atoms with E-state index >= 15 is 0 Å². The summed E-state index contributed by atoms with van der Waals surface area (Å²) in [5.74, 6) is -0.528. The van der Waals surface area contributed by atoms with Crippen LogP contribution in [0.1, 0.15) is 5.56 Å². The van der Waals surface area contributed by atoms with Gasteiger partial charge in [0.15, 0.2) is 0 Å². The Hall–Kier alpha value is -1.60. The van der Waals surface area contributed by atoms with Crippen molar-refractivity contribution in [3.05, 3.63) is 52.3 Å². The molecule has 20 heavy (non-hydrogen) atoms. The van der Waals surface area contributed by atoms with Gasteiger partial charge in [-0.3, -0.25) is 4.72 Å². The molecule has 0 saturated heterocycles. The maximum absolute atomic E-state index is 13.2. The van der Waals surface area contributed by atoms with Crippen molar-refractivity contribution in [1.82, 2.24) is 0 Å². The summed E-state index contributed by atoms with van der Waals surface area (Å²) in [6, 6.07) is 8.26. The highest BCUT2D eigenvalue weighted by molar-refractivity contribution is 9.10. The number of rotatable bonds is 3. The SMILES string of the molecule is Cc1cc(N)ccc1S(=O)(=O)Nc1cc(F)ccc1Br. The fourth-order valence-corrected chi connectivity index (χ4v) is 3.52. The maximum Gasteiger partial charge on any atom is 0.262 e. The molecule has 0 saturated carbocycles. The van der Waals surface area contributed by atoms with Gasteiger partial charge in [-0.1, -0.05) is 0 Å². The second-order valence-corrected chi connectivity index (χ2v) is 6.76. The van der Waals surface area contributed by atoms with E-state index in [0.717, 1.165) is 6.07 Å². The van der Waals surface area contributed by atoms with Gasteiger partial charge in [0.05, 0.1) is 10.6 Å². The van der Waals surface area contributed by atoms with Crippen LogP contribution in [0.4, 0.5) is 15.8 Å². The van der Waals surface area contributed by atoms with Crippen LogP contribution in [-0.2, 0) is 10.0 Å². The zero-order chi connectivity index (χ0) is 14.9. The lowest BCUT2D eigenvalue weighted by atomic mass is 10.2. The van der Waals surface area contributed by atoms with Crippen LogP contribution in [0.5, 0.6) is 0 Å². The average molecular weight is 359 g/mol. The maximum atomic E-state index is 13.2. The summed E-state index contributed by atoms with van der Waals surface area (Å²) >= 11 is 3.17. The number of anilines is 2. The van der Waals surface area contributed by atoms with Crippen LogP contribution in [0, 0.1) is 12.7 Å². The summed E-state index contributed by atoms with van der Waals surface area (Å²) in [4.78, 5) is 0.0999. The van der Waals surface area contributed by atoms with Gasteiger partial charge in [-0.25, -0.2) is 12.8 Å². The zero-order valence-corrected chi connectivity index (χ0v) is 12.9. The van der Waals surface area contributed by atoms with Gasteiger partial charge in [-0.15, -0.1) is 0 Å². The minimum Gasteiger partial charge on any atom is -0.399 e. The molecular formula is C13H12BrFN2O2S. The molecule has 0 amide bonds. The van der Waals surface area contributed by atoms with Gasteiger partial charge in [-0.2, -0.15) is 0 Å². The Labute approximate surface area is 125 Å². The molecular weight excluding hydrogens is 347 g/mol. The van der Waals surface area contributed by atoms with Gasteiger partial charge in [0.25, 0.3) is 10.0 Å². The van der Waals surface area contributed by atoms with Gasteiger partial charge in [0.2, 0.25) is 0 Å². The molecule has 0 aliphatic heterocycles. The third kappa shape index (κ3) is 3.10. The van der Waals surface area contributed by atoms with Crippen molar-refractivity contribution in [1.29, 1.82) is 0 Å². The summed E-state index contributed by atoms with van der Waals surface area (Å²) < 4.78 is 40.6. The third-order valence-electron chi connectivity index (χ3n) is 2.66. The first-order valence-corrected chi connectivity index (χ1v) is 7.91. The van der Waals surface area contributed by atoms with Crippen LogP contribution in [0.3, 0.4) is 0 Å². The average Bonchev–Trinajstić information content (AvgIpc) is 2.33. The smallest absolute Gasteiger partial charge is 0.262 e. The number of sulfonamides is 1. The minimum absolute atomic E-state index is 0.0999. The van der Waals surface area contributed by atoms with Crippen molar-refractivity contribution in [2.75, 3.05) is 10.5 Å². The van der Waals surface area contributed by atoms with Crippen LogP contribution in [-0.4, -0.2) is 8.42 Å². The second kappa shape index (κ2) is 5.41. The van der Waals surface area contributed by atoms with E-state index in [9.17, 15) is 12.8 Å². The highest BCUT2D eigenvalue weighted by Gasteiger charge is 2.18. The van der Waals surface area contributed by atoms with Crippen molar-refractivity contribution in [2.45, 2.75) is 11.8 Å². The van der Waals surface area contributed by atoms with Gasteiger partial charge >= 0.3 is 0 Å². The fourth-order valence-electron chi connectivity index (χ4n) is 1.75. The quantitative estimate of drug-likeness (QED) is 0.827. The third-order valence-corrected chi connectivity index (χ3v) is 4.88. The molecule has 7 heteroatoms. The van der Waals surface area contributed by atoms with Gasteiger partial charge in [0, 0.05) is 10.2 Å². The van der Waals surface area contributed by atoms with Crippen LogP contribution in [0.2, 0.25) is 0 Å². The molecule has 0 aliphatic carbocycles. The summed E-state index contributed by atoms with van der Waals surface area (Å²) in [6.07, 6.45) is 0. The Kier molecular flexibility index (Phi) is 4.01. The van der Waals surface area contributed by atoms with Crippen molar-refractivity contribution in [3.63, 3.8) is 0 Å². The first kappa shape index (κ1) is 14.8. The molecule has 0 unspecified atom stereocenters. The number of hydrogen-bond donors (Lipinski definition) is 2. The largest absolute Gasteiger partial charge is 0.399 e. The standard InChI is InChI=1S/C13H12BrFN2O2S/c1-8-6-10(16)3-5-13(8)20(18,19)17-12-7-9(15)2-4-11(12)14/h2-7,17H,16H2,1H3. The van der Waals surface area contributed by atoms with Crippen LogP contribution < -0.4 is 10.5 Å². The van der Waals surface area contributed by atoms with Crippen LogP contribution in [0.25, 0.3) is 0 Å². The highest BCUT2D eigenvalue weighted by atomic mass is 79.9. The van der Waals surface area contributed by atoms with E-state index in [4.69, 9.17) is 5.73 Å². The molecule has 3 N–H and O–H groups in total. The molecule has 0 bridgehead atoms. The van der Waals surface area contributed by atoms with E-state index in [2.05, 4.69) is 20.7 Å². The molecule has 0 aliphatic rings. The Morgan fingerprint density at radius 1 is 1.20 bits per heavy atom. The number of nitrogen functional groups attached to an aromatic ring is 1. The summed E-state index contributed by atoms with van der Waals surface area (Å²) in [5.41, 5.74) is 6.73. The number of nitrogens with two attached hydrogens (primary N) is 1. The predicted octanol–water partition coefficient (Wildman–Crippen LogP) is 3.28. The Morgan fingerprint density at radius 3 is 2.55 bits per heavy atom. The minimum atomic E-state index is -3.80. The molecule has 106 valence electrons. The van der Waals surface area contributed by atoms with Crippen molar-refractivity contribution < 1.29 is 12.8 Å². The molecule has 2 aromatic rings. The highest BCUT2D eigenvalue weighted by Crippen LogP contribution is 2.27. The van der Waals surface area contributed by atoms with Gasteiger partial charge in [0.1, 0.15) is 5.82 Å². The molecule has 0 fully saturated rings. The summed E-state index contributed by atoms with van der Waals surface area (Å²) in [7, 11) is -3.80. The summed E-state index contributed by atoms with van der Waals surface area (Å²) in [5, 5.41) is 0. The van der Waals surface area contributed by atoms with Crippen LogP contribution >= 0.6 is 15.9 Å². The number of hydrogen-bond acceptors (Lipinski definition) is 3. The molecule has 0 radical (unpaired) electrons. The fraction of sp³-hybridized carbons (Fsp3) is 0.0769. The van der Waals surface area contributed by atoms with E-state index in [1.54, 1.807) is 13.0 Å². The zero-order valence-electron chi connectivity index (χ0n) is 10.5. The van der Waals surface area contributed by atoms with E-state index in [-0.39, 0.29) is 10.6 Å². The first-order chi connectivity index (χ1) is 9.29. The monoisotopic (exact) mass is 358 g/mol. The summed E-state index contributed by atoms with van der Waals surface area (Å²) in [6.45, 7) is 1.64. The first-order valence-electron chi connectivity index (χ1n) is 5.63. The Morgan fingerprint density at radius 2 is 1.90 bits per heavy atom. The predicted molar refractivity (Wildman–Crippen MR) is 80.5 cm³/mol. The molecule has 0 spiro atoms. The van der Waals surface area contributed by atoms with Gasteiger partial charge < -0.3 is 5.73 Å². The van der Waals surface area contributed by atoms with E-state index in [0.29, 0.717) is 15.7 Å². The lowest BCUT2D eigenvalue weighted by Crippen LogP contribution is -2.15. The molecule has 0 aromatic heterocycles. The number of benzene rings is 2.